The van der Waals surface area contributed by atoms with E-state index in [9.17, 15) is 19.2 Å². The standard InChI is InChI=1S/C19H22N4O4/c1-2-22(12-8-20-9-12)10-11-4-3-5-13-16(11)19(27)23(18(13)26)14-6-7-15(24)21-17(14)25/h3-5,12,14,20H,2,6-10H2,1H3,(H,21,24,25). The number of amides is 4. The molecule has 1 atom stereocenters. The molecule has 2 fully saturated rings. The van der Waals surface area contributed by atoms with Gasteiger partial charge in [0.2, 0.25) is 11.8 Å². The third kappa shape index (κ3) is 2.94. The molecule has 1 aromatic rings. The number of likely N-dealkylation sites (N-methyl/N-ethyl adjacent to an activating group) is 1. The fourth-order valence-electron chi connectivity index (χ4n) is 3.97. The van der Waals surface area contributed by atoms with Crippen LogP contribution in [0.2, 0.25) is 0 Å². The van der Waals surface area contributed by atoms with Gasteiger partial charge in [0, 0.05) is 32.1 Å². The quantitative estimate of drug-likeness (QED) is 0.702. The fourth-order valence-corrected chi connectivity index (χ4v) is 3.97. The van der Waals surface area contributed by atoms with Gasteiger partial charge >= 0.3 is 0 Å². The molecule has 0 bridgehead atoms. The van der Waals surface area contributed by atoms with Crippen LogP contribution in [0.5, 0.6) is 0 Å². The van der Waals surface area contributed by atoms with Crippen molar-refractivity contribution in [2.24, 2.45) is 0 Å². The molecule has 2 N–H and O–H groups in total. The van der Waals surface area contributed by atoms with Crippen molar-refractivity contribution >= 4 is 23.6 Å². The Hall–Kier alpha value is -2.58. The van der Waals surface area contributed by atoms with Crippen molar-refractivity contribution in [1.82, 2.24) is 20.4 Å². The summed E-state index contributed by atoms with van der Waals surface area (Å²) in [4.78, 5) is 52.8. The third-order valence-electron chi connectivity index (χ3n) is 5.61. The zero-order valence-electron chi connectivity index (χ0n) is 15.2. The second kappa shape index (κ2) is 6.86. The zero-order valence-corrected chi connectivity index (χ0v) is 15.2. The number of benzene rings is 1. The molecule has 0 aromatic heterocycles. The van der Waals surface area contributed by atoms with Crippen molar-refractivity contribution in [3.8, 4) is 0 Å². The van der Waals surface area contributed by atoms with Crippen LogP contribution in [0.1, 0.15) is 46.0 Å². The molecular formula is C19H22N4O4. The van der Waals surface area contributed by atoms with E-state index in [0.717, 1.165) is 30.1 Å². The smallest absolute Gasteiger partial charge is 0.262 e. The van der Waals surface area contributed by atoms with Crippen LogP contribution in [0.3, 0.4) is 0 Å². The van der Waals surface area contributed by atoms with Crippen LogP contribution in [-0.4, -0.2) is 65.1 Å². The molecule has 0 saturated carbocycles. The van der Waals surface area contributed by atoms with Crippen LogP contribution >= 0.6 is 0 Å². The Labute approximate surface area is 156 Å². The molecule has 2 saturated heterocycles. The zero-order chi connectivity index (χ0) is 19.1. The topological polar surface area (TPSA) is 98.8 Å². The van der Waals surface area contributed by atoms with Crippen molar-refractivity contribution in [3.05, 3.63) is 34.9 Å². The molecule has 0 spiro atoms. The number of imide groups is 2. The first kappa shape index (κ1) is 17.8. The Kier molecular flexibility index (Phi) is 4.53. The molecular weight excluding hydrogens is 348 g/mol. The number of nitrogens with zero attached hydrogens (tertiary/aromatic N) is 2. The molecule has 3 aliphatic rings. The van der Waals surface area contributed by atoms with Gasteiger partial charge in [-0.1, -0.05) is 19.1 Å². The number of hydrogen-bond acceptors (Lipinski definition) is 6. The van der Waals surface area contributed by atoms with Gasteiger partial charge in [0.1, 0.15) is 6.04 Å². The number of carbonyl (C=O) groups is 4. The van der Waals surface area contributed by atoms with Crippen LogP contribution in [-0.2, 0) is 16.1 Å². The first-order valence-electron chi connectivity index (χ1n) is 9.29. The van der Waals surface area contributed by atoms with Gasteiger partial charge < -0.3 is 5.32 Å². The largest absolute Gasteiger partial charge is 0.314 e. The second-order valence-electron chi connectivity index (χ2n) is 7.16. The highest BCUT2D eigenvalue weighted by molar-refractivity contribution is 6.24. The van der Waals surface area contributed by atoms with Gasteiger partial charge in [-0.3, -0.25) is 34.3 Å². The number of hydrogen-bond donors (Lipinski definition) is 2. The number of piperidine rings is 1. The summed E-state index contributed by atoms with van der Waals surface area (Å²) in [5, 5.41) is 5.47. The molecule has 4 amide bonds. The van der Waals surface area contributed by atoms with E-state index in [0.29, 0.717) is 23.7 Å². The number of fused-ring (bicyclic) bond motifs is 1. The van der Waals surface area contributed by atoms with Gasteiger partial charge in [-0.2, -0.15) is 0 Å². The summed E-state index contributed by atoms with van der Waals surface area (Å²) >= 11 is 0. The van der Waals surface area contributed by atoms with Crippen molar-refractivity contribution in [3.63, 3.8) is 0 Å². The Morgan fingerprint density at radius 2 is 1.93 bits per heavy atom. The molecule has 8 nitrogen and oxygen atoms in total. The van der Waals surface area contributed by atoms with E-state index in [2.05, 4.69) is 22.5 Å². The van der Waals surface area contributed by atoms with Gasteiger partial charge in [0.05, 0.1) is 11.1 Å². The Morgan fingerprint density at radius 3 is 2.56 bits per heavy atom. The number of nitrogens with one attached hydrogen (secondary N) is 2. The molecule has 4 rings (SSSR count). The molecule has 3 aliphatic heterocycles. The molecule has 1 aromatic carbocycles. The van der Waals surface area contributed by atoms with E-state index < -0.39 is 23.8 Å². The molecule has 0 aliphatic carbocycles. The maximum atomic E-state index is 13.1. The van der Waals surface area contributed by atoms with E-state index in [1.54, 1.807) is 12.1 Å². The third-order valence-corrected chi connectivity index (χ3v) is 5.61. The minimum atomic E-state index is -0.930. The van der Waals surface area contributed by atoms with Crippen LogP contribution in [0.15, 0.2) is 18.2 Å². The normalized spacial score (nSPS) is 22.9. The lowest BCUT2D eigenvalue weighted by Gasteiger charge is -2.37. The highest BCUT2D eigenvalue weighted by Crippen LogP contribution is 2.30. The van der Waals surface area contributed by atoms with Gasteiger partial charge in [-0.05, 0) is 24.6 Å². The van der Waals surface area contributed by atoms with E-state index in [1.165, 1.54) is 0 Å². The molecule has 1 unspecified atom stereocenters. The Bertz CT molecular complexity index is 833. The average molecular weight is 370 g/mol. The maximum absolute atomic E-state index is 13.1. The summed E-state index contributed by atoms with van der Waals surface area (Å²) < 4.78 is 0. The molecule has 0 radical (unpaired) electrons. The van der Waals surface area contributed by atoms with Crippen LogP contribution in [0, 0.1) is 0 Å². The number of carbonyl (C=O) groups excluding carboxylic acids is 4. The van der Waals surface area contributed by atoms with Crippen molar-refractivity contribution in [2.45, 2.75) is 38.4 Å². The summed E-state index contributed by atoms with van der Waals surface area (Å²) in [6, 6.07) is 4.77. The summed E-state index contributed by atoms with van der Waals surface area (Å²) in [6.45, 7) is 5.32. The van der Waals surface area contributed by atoms with Crippen LogP contribution in [0.25, 0.3) is 0 Å². The first-order valence-corrected chi connectivity index (χ1v) is 9.29. The fraction of sp³-hybridized carbons (Fsp3) is 0.474. The summed E-state index contributed by atoms with van der Waals surface area (Å²) in [7, 11) is 0. The van der Waals surface area contributed by atoms with Crippen molar-refractivity contribution < 1.29 is 19.2 Å². The first-order chi connectivity index (χ1) is 13.0. The van der Waals surface area contributed by atoms with Gasteiger partial charge in [0.15, 0.2) is 0 Å². The van der Waals surface area contributed by atoms with Gasteiger partial charge in [-0.15, -0.1) is 0 Å². The minimum absolute atomic E-state index is 0.120. The summed E-state index contributed by atoms with van der Waals surface area (Å²) in [5.41, 5.74) is 1.53. The minimum Gasteiger partial charge on any atom is -0.314 e. The second-order valence-corrected chi connectivity index (χ2v) is 7.16. The maximum Gasteiger partial charge on any atom is 0.262 e. The SMILES string of the molecule is CCN(Cc1cccc2c1C(=O)N(C1CCC(=O)NC1=O)C2=O)C1CNC1. The molecule has 3 heterocycles. The Morgan fingerprint density at radius 1 is 1.15 bits per heavy atom. The van der Waals surface area contributed by atoms with Crippen molar-refractivity contribution in [2.75, 3.05) is 19.6 Å². The highest BCUT2D eigenvalue weighted by atomic mass is 16.2. The monoisotopic (exact) mass is 370 g/mol. The molecule has 142 valence electrons. The highest BCUT2D eigenvalue weighted by Gasteiger charge is 2.45. The average Bonchev–Trinajstić information content (AvgIpc) is 2.85. The van der Waals surface area contributed by atoms with Gasteiger partial charge in [-0.25, -0.2) is 0 Å². The van der Waals surface area contributed by atoms with Crippen molar-refractivity contribution in [1.29, 1.82) is 0 Å². The predicted octanol–water partition coefficient (Wildman–Crippen LogP) is -0.118. The lowest BCUT2D eigenvalue weighted by Crippen LogP contribution is -2.56. The molecule has 27 heavy (non-hydrogen) atoms. The van der Waals surface area contributed by atoms with Gasteiger partial charge in [0.25, 0.3) is 11.8 Å². The van der Waals surface area contributed by atoms with E-state index >= 15 is 0 Å². The lowest BCUT2D eigenvalue weighted by atomic mass is 10.0. The van der Waals surface area contributed by atoms with Crippen LogP contribution < -0.4 is 10.6 Å². The lowest BCUT2D eigenvalue weighted by molar-refractivity contribution is -0.136. The Balaban J connectivity index is 1.63. The number of rotatable bonds is 5. The van der Waals surface area contributed by atoms with E-state index in [4.69, 9.17) is 0 Å². The summed E-state index contributed by atoms with van der Waals surface area (Å²) in [5.74, 6) is -1.86. The summed E-state index contributed by atoms with van der Waals surface area (Å²) in [6.07, 6.45) is 0.287. The predicted molar refractivity (Wildman–Crippen MR) is 95.9 cm³/mol. The van der Waals surface area contributed by atoms with E-state index in [-0.39, 0.29) is 18.7 Å². The van der Waals surface area contributed by atoms with E-state index in [1.807, 2.05) is 6.07 Å². The van der Waals surface area contributed by atoms with Crippen LogP contribution in [0.4, 0.5) is 0 Å². The molecule has 8 heteroatoms.